The average Bonchev–Trinajstić information content (AvgIpc) is 3.38. The molecule has 0 aliphatic carbocycles. The minimum absolute atomic E-state index is 0.142. The summed E-state index contributed by atoms with van der Waals surface area (Å²) in [5.41, 5.74) is 2.21. The van der Waals surface area contributed by atoms with E-state index in [1.165, 1.54) is 11.3 Å². The second-order valence-electron chi connectivity index (χ2n) is 6.45. The summed E-state index contributed by atoms with van der Waals surface area (Å²) in [7, 11) is 0. The molecule has 0 radical (unpaired) electrons. The minimum Gasteiger partial charge on any atom is -0.481 e. The van der Waals surface area contributed by atoms with E-state index in [1.54, 1.807) is 21.2 Å². The fraction of sp³-hybridized carbons (Fsp3) is 0.263. The number of rotatable bonds is 4. The fourth-order valence-corrected chi connectivity index (χ4v) is 3.92. The lowest BCUT2D eigenvalue weighted by Gasteiger charge is -2.29. The summed E-state index contributed by atoms with van der Waals surface area (Å²) in [4.78, 5) is 29.9. The summed E-state index contributed by atoms with van der Waals surface area (Å²) in [6.45, 7) is 0.906. The third kappa shape index (κ3) is 3.61. The Bertz CT molecular complexity index is 958. The lowest BCUT2D eigenvalue weighted by molar-refractivity contribution is -0.143. The van der Waals surface area contributed by atoms with Crippen LogP contribution in [0.1, 0.15) is 23.3 Å². The number of hydrogen-bond acceptors (Lipinski definition) is 5. The van der Waals surface area contributed by atoms with Crippen molar-refractivity contribution in [1.82, 2.24) is 19.7 Å². The monoisotopic (exact) mass is 382 g/mol. The van der Waals surface area contributed by atoms with Crippen molar-refractivity contribution in [2.75, 3.05) is 13.1 Å². The van der Waals surface area contributed by atoms with Crippen LogP contribution in [0.15, 0.2) is 48.1 Å². The van der Waals surface area contributed by atoms with Crippen molar-refractivity contribution in [3.8, 4) is 16.3 Å². The summed E-state index contributed by atoms with van der Waals surface area (Å²) in [5.74, 6) is -1.28. The van der Waals surface area contributed by atoms with Gasteiger partial charge in [-0.1, -0.05) is 18.2 Å². The Morgan fingerprint density at radius 1 is 1.15 bits per heavy atom. The van der Waals surface area contributed by atoms with E-state index in [9.17, 15) is 9.59 Å². The number of aromatic nitrogens is 3. The molecule has 1 aromatic carbocycles. The summed E-state index contributed by atoms with van der Waals surface area (Å²) in [6, 6.07) is 9.78. The molecule has 27 heavy (non-hydrogen) atoms. The number of carbonyl (C=O) groups is 2. The van der Waals surface area contributed by atoms with Gasteiger partial charge in [-0.15, -0.1) is 11.3 Å². The van der Waals surface area contributed by atoms with Crippen molar-refractivity contribution in [2.24, 2.45) is 5.92 Å². The van der Waals surface area contributed by atoms with Crippen molar-refractivity contribution in [1.29, 1.82) is 0 Å². The van der Waals surface area contributed by atoms with Crippen molar-refractivity contribution in [3.63, 3.8) is 0 Å². The van der Waals surface area contributed by atoms with Gasteiger partial charge in [-0.05, 0) is 25.0 Å². The van der Waals surface area contributed by atoms with Gasteiger partial charge in [-0.2, -0.15) is 5.10 Å². The Balaban J connectivity index is 1.47. The molecule has 1 aliphatic heterocycles. The van der Waals surface area contributed by atoms with Crippen molar-refractivity contribution in [3.05, 3.63) is 53.8 Å². The number of hydrogen-bond donors (Lipinski definition) is 1. The summed E-state index contributed by atoms with van der Waals surface area (Å²) < 4.78 is 1.77. The first-order chi connectivity index (χ1) is 13.1. The molecule has 0 spiro atoms. The Kier molecular flexibility index (Phi) is 4.72. The molecule has 0 atom stereocenters. The maximum Gasteiger partial charge on any atom is 0.306 e. The molecule has 7 nitrogen and oxygen atoms in total. The first-order valence-corrected chi connectivity index (χ1v) is 9.58. The number of thiazole rings is 1. The third-order valence-corrected chi connectivity index (χ3v) is 5.60. The molecule has 0 saturated carbocycles. The topological polar surface area (TPSA) is 88.3 Å². The van der Waals surface area contributed by atoms with Crippen LogP contribution in [0.5, 0.6) is 0 Å². The van der Waals surface area contributed by atoms with E-state index in [0.717, 1.165) is 16.3 Å². The van der Waals surface area contributed by atoms with Gasteiger partial charge in [0.1, 0.15) is 10.7 Å². The summed E-state index contributed by atoms with van der Waals surface area (Å²) in [5, 5.41) is 15.9. The Hall–Kier alpha value is -3.00. The fourth-order valence-electron chi connectivity index (χ4n) is 3.15. The minimum atomic E-state index is -0.784. The highest BCUT2D eigenvalue weighted by Crippen LogP contribution is 2.26. The molecule has 1 aliphatic rings. The highest BCUT2D eigenvalue weighted by Gasteiger charge is 2.28. The molecule has 0 bridgehead atoms. The molecule has 138 valence electrons. The number of aliphatic carboxylic acids is 1. The molecule has 3 heterocycles. The van der Waals surface area contributed by atoms with E-state index in [-0.39, 0.29) is 11.8 Å². The maximum absolute atomic E-state index is 12.6. The molecular formula is C19H18N4O3S. The number of carbonyl (C=O) groups excluding carboxylic acids is 1. The number of likely N-dealkylation sites (tertiary alicyclic amines) is 1. The van der Waals surface area contributed by atoms with Crippen molar-refractivity contribution < 1.29 is 14.7 Å². The molecule has 1 N–H and O–H groups in total. The molecule has 1 saturated heterocycles. The van der Waals surface area contributed by atoms with Gasteiger partial charge in [-0.3, -0.25) is 9.59 Å². The zero-order valence-electron chi connectivity index (χ0n) is 14.5. The van der Waals surface area contributed by atoms with E-state index in [1.807, 2.05) is 36.5 Å². The average molecular weight is 382 g/mol. The molecule has 1 fully saturated rings. The van der Waals surface area contributed by atoms with Crippen LogP contribution in [0.4, 0.5) is 0 Å². The van der Waals surface area contributed by atoms with Crippen LogP contribution in [0, 0.1) is 5.92 Å². The number of carboxylic acids is 1. The second kappa shape index (κ2) is 7.32. The Morgan fingerprint density at radius 2 is 1.89 bits per heavy atom. The first kappa shape index (κ1) is 17.4. The zero-order valence-corrected chi connectivity index (χ0v) is 15.3. The van der Waals surface area contributed by atoms with Crippen LogP contribution in [0.2, 0.25) is 0 Å². The largest absolute Gasteiger partial charge is 0.481 e. The molecule has 4 rings (SSSR count). The smallest absolute Gasteiger partial charge is 0.306 e. The predicted octanol–water partition coefficient (Wildman–Crippen LogP) is 2.93. The van der Waals surface area contributed by atoms with E-state index in [4.69, 9.17) is 5.11 Å². The summed E-state index contributed by atoms with van der Waals surface area (Å²) in [6.07, 6.45) is 4.60. The molecule has 8 heteroatoms. The maximum atomic E-state index is 12.6. The van der Waals surface area contributed by atoms with Crippen molar-refractivity contribution in [2.45, 2.75) is 12.8 Å². The van der Waals surface area contributed by atoms with Crippen LogP contribution in [0.3, 0.4) is 0 Å². The summed E-state index contributed by atoms with van der Waals surface area (Å²) >= 11 is 1.40. The quantitative estimate of drug-likeness (QED) is 0.749. The number of amides is 1. The van der Waals surface area contributed by atoms with E-state index >= 15 is 0 Å². The number of nitrogens with zero attached hydrogens (tertiary/aromatic N) is 4. The number of carboxylic acid groups (broad SMARTS) is 1. The second-order valence-corrected chi connectivity index (χ2v) is 7.31. The number of piperidine rings is 1. The molecule has 3 aromatic rings. The zero-order chi connectivity index (χ0) is 18.8. The lowest BCUT2D eigenvalue weighted by Crippen LogP contribution is -2.40. The highest BCUT2D eigenvalue weighted by atomic mass is 32.1. The van der Waals surface area contributed by atoms with E-state index in [0.29, 0.717) is 31.6 Å². The normalized spacial score (nSPS) is 15.0. The molecular weight excluding hydrogens is 364 g/mol. The van der Waals surface area contributed by atoms with Gasteiger partial charge in [0.25, 0.3) is 5.91 Å². The van der Waals surface area contributed by atoms with Crippen LogP contribution in [-0.2, 0) is 4.79 Å². The molecule has 2 aromatic heterocycles. The standard InChI is InChI=1S/C19H18N4O3S/c24-18(22-8-6-13(7-9-22)19(25)26)16-12-27-17(21-16)14-10-20-23(11-14)15-4-2-1-3-5-15/h1-5,10-13H,6-9H2,(H,25,26). The van der Waals surface area contributed by atoms with Gasteiger partial charge in [0.05, 0.1) is 17.8 Å². The van der Waals surface area contributed by atoms with Crippen LogP contribution in [0.25, 0.3) is 16.3 Å². The number of benzene rings is 1. The van der Waals surface area contributed by atoms with Crippen LogP contribution < -0.4 is 0 Å². The lowest BCUT2D eigenvalue weighted by atomic mass is 9.97. The third-order valence-electron chi connectivity index (χ3n) is 4.70. The van der Waals surface area contributed by atoms with E-state index in [2.05, 4.69) is 10.1 Å². The van der Waals surface area contributed by atoms with Crippen LogP contribution in [-0.4, -0.2) is 49.7 Å². The van der Waals surface area contributed by atoms with Gasteiger partial charge < -0.3 is 10.0 Å². The van der Waals surface area contributed by atoms with E-state index < -0.39 is 5.97 Å². The SMILES string of the molecule is O=C(O)C1CCN(C(=O)c2csc(-c3cnn(-c4ccccc4)c3)n2)CC1. The van der Waals surface area contributed by atoms with Gasteiger partial charge >= 0.3 is 5.97 Å². The van der Waals surface area contributed by atoms with Crippen LogP contribution >= 0.6 is 11.3 Å². The van der Waals surface area contributed by atoms with Gasteiger partial charge in [-0.25, -0.2) is 9.67 Å². The number of para-hydroxylation sites is 1. The Labute approximate surface area is 159 Å². The first-order valence-electron chi connectivity index (χ1n) is 8.70. The Morgan fingerprint density at radius 3 is 2.59 bits per heavy atom. The predicted molar refractivity (Wildman–Crippen MR) is 101 cm³/mol. The van der Waals surface area contributed by atoms with Gasteiger partial charge in [0, 0.05) is 30.2 Å². The molecule has 1 amide bonds. The van der Waals surface area contributed by atoms with Gasteiger partial charge in [0.2, 0.25) is 0 Å². The van der Waals surface area contributed by atoms with Gasteiger partial charge in [0.15, 0.2) is 0 Å². The molecule has 0 unspecified atom stereocenters. The van der Waals surface area contributed by atoms with Crippen molar-refractivity contribution >= 4 is 23.2 Å². The highest BCUT2D eigenvalue weighted by molar-refractivity contribution is 7.13.